The van der Waals surface area contributed by atoms with E-state index >= 15 is 0 Å². The summed E-state index contributed by atoms with van der Waals surface area (Å²) >= 11 is 0. The van der Waals surface area contributed by atoms with Crippen LogP contribution in [0.1, 0.15) is 96.3 Å². The van der Waals surface area contributed by atoms with Crippen molar-refractivity contribution in [2.45, 2.75) is 119 Å². The summed E-state index contributed by atoms with van der Waals surface area (Å²) in [5.41, 5.74) is 0.132. The number of hydrogen-bond acceptors (Lipinski definition) is 0. The number of rotatable bonds is 3. The maximum Gasteiger partial charge on any atom is 0.362 e. The zero-order valence-corrected chi connectivity index (χ0v) is 15.5. The summed E-state index contributed by atoms with van der Waals surface area (Å²) in [6.07, 6.45) is 15.1. The van der Waals surface area contributed by atoms with Crippen LogP contribution in [0.3, 0.4) is 0 Å². The third-order valence-corrected chi connectivity index (χ3v) is 14.1. The van der Waals surface area contributed by atoms with Gasteiger partial charge in [-0.05, 0) is 16.6 Å². The molecule has 0 aromatic heterocycles. The Balaban J connectivity index is 1.99. The molecule has 0 amide bonds. The highest BCUT2D eigenvalue weighted by Gasteiger charge is 2.67. The van der Waals surface area contributed by atoms with Gasteiger partial charge in [-0.1, -0.05) is 96.3 Å². The summed E-state index contributed by atoms with van der Waals surface area (Å²) in [4.78, 5) is 0. The minimum absolute atomic E-state index is 0.0439. The van der Waals surface area contributed by atoms with Crippen LogP contribution in [0.25, 0.3) is 0 Å². The molecule has 0 nitrogen and oxygen atoms in total. The molecule has 0 atom stereocenters. The van der Waals surface area contributed by atoms with E-state index in [0.717, 1.165) is 96.3 Å². The Labute approximate surface area is 140 Å². The molecule has 0 spiro atoms. The van der Waals surface area contributed by atoms with Crippen molar-refractivity contribution in [3.05, 3.63) is 0 Å². The van der Waals surface area contributed by atoms with Gasteiger partial charge in [0.15, 0.2) is 8.07 Å². The fourth-order valence-electron chi connectivity index (χ4n) is 6.44. The second kappa shape index (κ2) is 7.49. The Kier molecular flexibility index (Phi) is 5.80. The van der Waals surface area contributed by atoms with Crippen LogP contribution < -0.4 is 0 Å². The van der Waals surface area contributed by atoms with Gasteiger partial charge in [-0.3, -0.25) is 0 Å². The Morgan fingerprint density at radius 3 is 0.957 bits per heavy atom. The molecular formula is C19H33F3Si. The van der Waals surface area contributed by atoms with E-state index in [1.165, 1.54) is 0 Å². The maximum atomic E-state index is 14.8. The van der Waals surface area contributed by atoms with E-state index in [4.69, 9.17) is 0 Å². The number of alkyl halides is 3. The molecule has 23 heavy (non-hydrogen) atoms. The zero-order chi connectivity index (χ0) is 16.3. The lowest BCUT2D eigenvalue weighted by Gasteiger charge is -2.53. The van der Waals surface area contributed by atoms with Crippen LogP contribution in [0.2, 0.25) is 16.6 Å². The smallest absolute Gasteiger partial charge is 0.177 e. The third-order valence-electron chi connectivity index (χ3n) is 7.33. The van der Waals surface area contributed by atoms with Crippen LogP contribution in [0, 0.1) is 0 Å². The van der Waals surface area contributed by atoms with Crippen LogP contribution in [0.15, 0.2) is 0 Å². The highest BCUT2D eigenvalue weighted by atomic mass is 28.3. The Morgan fingerprint density at radius 1 is 0.478 bits per heavy atom. The van der Waals surface area contributed by atoms with Gasteiger partial charge >= 0.3 is 5.80 Å². The average Bonchev–Trinajstić information content (AvgIpc) is 2.57. The molecule has 3 aliphatic carbocycles. The number of halogens is 3. The first-order chi connectivity index (χ1) is 11.1. The molecule has 0 unspecified atom stereocenters. The zero-order valence-electron chi connectivity index (χ0n) is 14.5. The predicted octanol–water partition coefficient (Wildman–Crippen LogP) is 7.54. The second-order valence-corrected chi connectivity index (χ2v) is 13.3. The minimum atomic E-state index is -3.88. The van der Waals surface area contributed by atoms with Crippen molar-refractivity contribution in [2.75, 3.05) is 0 Å². The van der Waals surface area contributed by atoms with Crippen molar-refractivity contribution in [1.82, 2.24) is 0 Å². The van der Waals surface area contributed by atoms with E-state index in [1.54, 1.807) is 0 Å². The molecular weight excluding hydrogens is 313 g/mol. The molecule has 134 valence electrons. The largest absolute Gasteiger partial charge is 0.362 e. The van der Waals surface area contributed by atoms with Crippen LogP contribution in [-0.2, 0) is 0 Å². The summed E-state index contributed by atoms with van der Waals surface area (Å²) in [5.74, 6) is -3.88. The van der Waals surface area contributed by atoms with E-state index in [9.17, 15) is 13.2 Å². The first kappa shape index (κ1) is 17.8. The van der Waals surface area contributed by atoms with Crippen LogP contribution >= 0.6 is 0 Å². The van der Waals surface area contributed by atoms with E-state index in [-0.39, 0.29) is 16.6 Å². The Bertz CT molecular complexity index is 316. The van der Waals surface area contributed by atoms with Gasteiger partial charge in [0.1, 0.15) is 0 Å². The molecule has 0 N–H and O–H groups in total. The lowest BCUT2D eigenvalue weighted by Crippen LogP contribution is -2.62. The highest BCUT2D eigenvalue weighted by molar-refractivity contribution is 6.85. The first-order valence-corrected chi connectivity index (χ1v) is 12.4. The van der Waals surface area contributed by atoms with Gasteiger partial charge in [0.25, 0.3) is 0 Å². The van der Waals surface area contributed by atoms with Gasteiger partial charge in [-0.15, -0.1) is 0 Å². The van der Waals surface area contributed by atoms with Gasteiger partial charge in [-0.25, -0.2) is 0 Å². The molecule has 0 heterocycles. The quantitative estimate of drug-likeness (QED) is 0.463. The second-order valence-electron chi connectivity index (χ2n) is 8.44. The monoisotopic (exact) mass is 346 g/mol. The van der Waals surface area contributed by atoms with E-state index in [0.29, 0.717) is 0 Å². The summed E-state index contributed by atoms with van der Waals surface area (Å²) in [6.45, 7) is 0. The van der Waals surface area contributed by atoms with Crippen molar-refractivity contribution in [3.8, 4) is 0 Å². The summed E-state index contributed by atoms with van der Waals surface area (Å²) in [5, 5.41) is 0. The van der Waals surface area contributed by atoms with Gasteiger partial charge in [0.2, 0.25) is 0 Å². The van der Waals surface area contributed by atoms with Gasteiger partial charge in [0, 0.05) is 0 Å². The standard InChI is InChI=1S/C19H33F3Si/c20-19(21,22)23(16-10-4-1-5-11-16,17-12-6-2-7-13-17)18-14-8-3-9-15-18/h16-18H,1-15H2. The highest BCUT2D eigenvalue weighted by Crippen LogP contribution is 2.62. The lowest BCUT2D eigenvalue weighted by molar-refractivity contribution is -0.0647. The van der Waals surface area contributed by atoms with Crippen LogP contribution in [0.5, 0.6) is 0 Å². The SMILES string of the molecule is FC(F)(F)[Si](C1CCCCC1)(C1CCCCC1)C1CCCCC1. The summed E-state index contributed by atoms with van der Waals surface area (Å²) in [7, 11) is -3.29. The fourth-order valence-corrected chi connectivity index (χ4v) is 13.9. The number of hydrogen-bond donors (Lipinski definition) is 0. The van der Waals surface area contributed by atoms with E-state index in [2.05, 4.69) is 0 Å². The van der Waals surface area contributed by atoms with Gasteiger partial charge in [0.05, 0.1) is 0 Å². The summed E-state index contributed by atoms with van der Waals surface area (Å²) in [6, 6.07) is 0. The van der Waals surface area contributed by atoms with Gasteiger partial charge < -0.3 is 0 Å². The minimum Gasteiger partial charge on any atom is -0.177 e. The molecule has 3 fully saturated rings. The molecule has 0 aliphatic heterocycles. The molecule has 3 aliphatic rings. The summed E-state index contributed by atoms with van der Waals surface area (Å²) < 4.78 is 44.4. The molecule has 3 rings (SSSR count). The average molecular weight is 347 g/mol. The van der Waals surface area contributed by atoms with Gasteiger partial charge in [-0.2, -0.15) is 13.2 Å². The van der Waals surface area contributed by atoms with Crippen molar-refractivity contribution in [2.24, 2.45) is 0 Å². The van der Waals surface area contributed by atoms with Crippen molar-refractivity contribution >= 4 is 8.07 Å². The van der Waals surface area contributed by atoms with Crippen molar-refractivity contribution in [1.29, 1.82) is 0 Å². The van der Waals surface area contributed by atoms with Crippen LogP contribution in [-0.4, -0.2) is 13.9 Å². The van der Waals surface area contributed by atoms with Crippen molar-refractivity contribution in [3.63, 3.8) is 0 Å². The maximum absolute atomic E-state index is 14.8. The lowest BCUT2D eigenvalue weighted by atomic mass is 9.98. The first-order valence-electron chi connectivity index (χ1n) is 10.1. The molecule has 3 saturated carbocycles. The topological polar surface area (TPSA) is 0 Å². The molecule has 0 aromatic carbocycles. The van der Waals surface area contributed by atoms with E-state index in [1.807, 2.05) is 0 Å². The molecule has 4 heteroatoms. The third kappa shape index (κ3) is 3.39. The van der Waals surface area contributed by atoms with Crippen LogP contribution in [0.4, 0.5) is 13.2 Å². The van der Waals surface area contributed by atoms with Crippen molar-refractivity contribution < 1.29 is 13.2 Å². The molecule has 0 radical (unpaired) electrons. The normalized spacial score (nSPS) is 27.3. The fraction of sp³-hybridized carbons (Fsp3) is 1.00. The molecule has 0 saturated heterocycles. The Morgan fingerprint density at radius 2 is 0.739 bits per heavy atom. The predicted molar refractivity (Wildman–Crippen MR) is 92.3 cm³/mol. The molecule has 0 bridgehead atoms. The van der Waals surface area contributed by atoms with E-state index < -0.39 is 13.9 Å². The molecule has 0 aromatic rings. The Hall–Kier alpha value is 0.00688.